The van der Waals surface area contributed by atoms with Crippen molar-refractivity contribution in [1.29, 1.82) is 5.26 Å². The largest absolute Gasteiger partial charge is 0.322 e. The first-order valence-electron chi connectivity index (χ1n) is 8.65. The zero-order chi connectivity index (χ0) is 17.7. The topological polar surface area (TPSA) is 47.3 Å². The van der Waals surface area contributed by atoms with Crippen molar-refractivity contribution in [2.75, 3.05) is 20.1 Å². The summed E-state index contributed by atoms with van der Waals surface area (Å²) in [4.78, 5) is 16.7. The Morgan fingerprint density at radius 2 is 1.80 bits per heavy atom. The van der Waals surface area contributed by atoms with Gasteiger partial charge in [0.15, 0.2) is 0 Å². The van der Waals surface area contributed by atoms with Crippen LogP contribution in [-0.4, -0.2) is 41.4 Å². The Morgan fingerprint density at radius 3 is 2.44 bits per heavy atom. The molecule has 0 saturated carbocycles. The summed E-state index contributed by atoms with van der Waals surface area (Å²) >= 11 is 0. The van der Waals surface area contributed by atoms with E-state index in [1.807, 2.05) is 36.4 Å². The van der Waals surface area contributed by atoms with Gasteiger partial charge in [-0.25, -0.2) is 0 Å². The molecule has 1 unspecified atom stereocenters. The van der Waals surface area contributed by atoms with Crippen LogP contribution in [0, 0.1) is 11.3 Å². The van der Waals surface area contributed by atoms with Crippen molar-refractivity contribution in [1.82, 2.24) is 9.80 Å². The molecule has 1 fully saturated rings. The lowest BCUT2D eigenvalue weighted by Crippen LogP contribution is -2.58. The first-order valence-corrected chi connectivity index (χ1v) is 8.65. The maximum Gasteiger partial charge on any atom is 0.254 e. The third-order valence-electron chi connectivity index (χ3n) is 4.97. The number of piperidine rings is 1. The lowest BCUT2D eigenvalue weighted by molar-refractivity contribution is 0.0430. The van der Waals surface area contributed by atoms with Gasteiger partial charge in [0.1, 0.15) is 5.54 Å². The minimum absolute atomic E-state index is 0.0938. The number of nitriles is 1. The molecule has 0 aliphatic carbocycles. The summed E-state index contributed by atoms with van der Waals surface area (Å²) < 4.78 is 0. The molecule has 3 rings (SSSR count). The van der Waals surface area contributed by atoms with Crippen LogP contribution in [0.5, 0.6) is 0 Å². The van der Waals surface area contributed by atoms with E-state index in [4.69, 9.17) is 0 Å². The van der Waals surface area contributed by atoms with Crippen LogP contribution in [0.25, 0.3) is 0 Å². The second-order valence-electron chi connectivity index (χ2n) is 6.67. The second kappa shape index (κ2) is 7.50. The number of carbonyl (C=O) groups excluding carboxylic acids is 1. The third kappa shape index (κ3) is 3.72. The Balaban J connectivity index is 1.77. The number of carbonyl (C=O) groups is 1. The Labute approximate surface area is 149 Å². The number of hydrogen-bond donors (Lipinski definition) is 0. The summed E-state index contributed by atoms with van der Waals surface area (Å²) in [7, 11) is 1.75. The molecule has 25 heavy (non-hydrogen) atoms. The van der Waals surface area contributed by atoms with Crippen LogP contribution in [0.1, 0.15) is 28.8 Å². The summed E-state index contributed by atoms with van der Waals surface area (Å²) in [6, 6.07) is 21.9. The van der Waals surface area contributed by atoms with Crippen molar-refractivity contribution in [3.05, 3.63) is 71.8 Å². The number of benzene rings is 2. The van der Waals surface area contributed by atoms with Crippen molar-refractivity contribution in [3.63, 3.8) is 0 Å². The van der Waals surface area contributed by atoms with Gasteiger partial charge in [-0.1, -0.05) is 48.5 Å². The zero-order valence-electron chi connectivity index (χ0n) is 14.6. The van der Waals surface area contributed by atoms with Crippen LogP contribution in [0.3, 0.4) is 0 Å². The maximum atomic E-state index is 12.8. The highest BCUT2D eigenvalue weighted by Crippen LogP contribution is 2.28. The van der Waals surface area contributed by atoms with Crippen LogP contribution in [0.4, 0.5) is 0 Å². The highest BCUT2D eigenvalue weighted by Gasteiger charge is 2.41. The fourth-order valence-electron chi connectivity index (χ4n) is 3.51. The maximum absolute atomic E-state index is 12.8. The molecule has 2 aromatic carbocycles. The lowest BCUT2D eigenvalue weighted by Gasteiger charge is -2.43. The molecule has 0 spiro atoms. The average Bonchev–Trinajstić information content (AvgIpc) is 2.68. The van der Waals surface area contributed by atoms with E-state index < -0.39 is 5.54 Å². The van der Waals surface area contributed by atoms with Gasteiger partial charge in [0.2, 0.25) is 0 Å². The van der Waals surface area contributed by atoms with Gasteiger partial charge in [-0.2, -0.15) is 5.26 Å². The fraction of sp³-hybridized carbons (Fsp3) is 0.333. The molecule has 0 radical (unpaired) electrons. The first kappa shape index (κ1) is 17.2. The van der Waals surface area contributed by atoms with Gasteiger partial charge in [-0.05, 0) is 37.1 Å². The van der Waals surface area contributed by atoms with E-state index in [-0.39, 0.29) is 5.91 Å². The van der Waals surface area contributed by atoms with E-state index in [1.54, 1.807) is 24.1 Å². The Bertz CT molecular complexity index is 754. The average molecular weight is 333 g/mol. The Hall–Kier alpha value is -2.64. The molecule has 0 aromatic heterocycles. The molecule has 1 heterocycles. The van der Waals surface area contributed by atoms with Gasteiger partial charge >= 0.3 is 0 Å². The molecule has 0 N–H and O–H groups in total. The summed E-state index contributed by atoms with van der Waals surface area (Å²) in [6.45, 7) is 2.33. The minimum Gasteiger partial charge on any atom is -0.322 e. The van der Waals surface area contributed by atoms with Crippen LogP contribution in [-0.2, 0) is 6.54 Å². The Kier molecular flexibility index (Phi) is 5.16. The number of likely N-dealkylation sites (tertiary alicyclic amines) is 1. The highest BCUT2D eigenvalue weighted by atomic mass is 16.2. The van der Waals surface area contributed by atoms with E-state index in [9.17, 15) is 10.1 Å². The van der Waals surface area contributed by atoms with E-state index >= 15 is 0 Å². The monoisotopic (exact) mass is 333 g/mol. The predicted molar refractivity (Wildman–Crippen MR) is 97.8 cm³/mol. The number of likely N-dealkylation sites (N-methyl/N-ethyl adjacent to an activating group) is 1. The smallest absolute Gasteiger partial charge is 0.254 e. The molecule has 1 aliphatic rings. The summed E-state index contributed by atoms with van der Waals surface area (Å²) in [5.74, 6) is -0.0938. The summed E-state index contributed by atoms with van der Waals surface area (Å²) in [6.07, 6.45) is 1.62. The summed E-state index contributed by atoms with van der Waals surface area (Å²) in [5.41, 5.74) is 1.08. The van der Waals surface area contributed by atoms with Crippen LogP contribution < -0.4 is 0 Å². The molecule has 4 heteroatoms. The molecule has 1 atom stereocenters. The van der Waals surface area contributed by atoms with Gasteiger partial charge in [-0.15, -0.1) is 0 Å². The van der Waals surface area contributed by atoms with E-state index in [0.717, 1.165) is 19.5 Å². The zero-order valence-corrected chi connectivity index (χ0v) is 14.6. The number of amides is 1. The SMILES string of the molecule is CN(C(=O)c1ccccc1)C1(C#N)CCCN(Cc2ccccc2)C1. The van der Waals surface area contributed by atoms with E-state index in [0.29, 0.717) is 18.5 Å². The van der Waals surface area contributed by atoms with E-state index in [2.05, 4.69) is 23.1 Å². The van der Waals surface area contributed by atoms with Crippen molar-refractivity contribution in [2.24, 2.45) is 0 Å². The molecule has 1 aliphatic heterocycles. The highest BCUT2D eigenvalue weighted by molar-refractivity contribution is 5.94. The molecule has 1 amide bonds. The molecule has 1 saturated heterocycles. The van der Waals surface area contributed by atoms with Crippen molar-refractivity contribution < 1.29 is 4.79 Å². The van der Waals surface area contributed by atoms with Crippen LogP contribution >= 0.6 is 0 Å². The standard InChI is InChI=1S/C21H23N3O/c1-23(20(25)19-11-6-3-7-12-19)21(16-22)13-8-14-24(17-21)15-18-9-4-2-5-10-18/h2-7,9-12H,8,13-15,17H2,1H3. The van der Waals surface area contributed by atoms with Crippen molar-refractivity contribution in [2.45, 2.75) is 24.9 Å². The van der Waals surface area contributed by atoms with Crippen molar-refractivity contribution >= 4 is 5.91 Å². The van der Waals surface area contributed by atoms with Crippen LogP contribution in [0.15, 0.2) is 60.7 Å². The van der Waals surface area contributed by atoms with E-state index in [1.165, 1.54) is 5.56 Å². The van der Waals surface area contributed by atoms with Gasteiger partial charge < -0.3 is 4.90 Å². The van der Waals surface area contributed by atoms with Gasteiger partial charge in [-0.3, -0.25) is 9.69 Å². The lowest BCUT2D eigenvalue weighted by atomic mass is 9.88. The molecule has 128 valence electrons. The van der Waals surface area contributed by atoms with Gasteiger partial charge in [0, 0.05) is 25.7 Å². The molecular weight excluding hydrogens is 310 g/mol. The van der Waals surface area contributed by atoms with Crippen molar-refractivity contribution in [3.8, 4) is 6.07 Å². The van der Waals surface area contributed by atoms with Gasteiger partial charge in [0.05, 0.1) is 6.07 Å². The normalized spacial score (nSPS) is 20.6. The van der Waals surface area contributed by atoms with Gasteiger partial charge in [0.25, 0.3) is 5.91 Å². The first-order chi connectivity index (χ1) is 12.1. The third-order valence-corrected chi connectivity index (χ3v) is 4.97. The summed E-state index contributed by atoms with van der Waals surface area (Å²) in [5, 5.41) is 9.92. The predicted octanol–water partition coefficient (Wildman–Crippen LogP) is 3.32. The fourth-order valence-corrected chi connectivity index (χ4v) is 3.51. The molecule has 4 nitrogen and oxygen atoms in total. The quantitative estimate of drug-likeness (QED) is 0.862. The second-order valence-corrected chi connectivity index (χ2v) is 6.67. The Morgan fingerprint density at radius 1 is 1.16 bits per heavy atom. The molecular formula is C21H23N3O. The minimum atomic E-state index is -0.778. The number of hydrogen-bond acceptors (Lipinski definition) is 3. The number of nitrogens with zero attached hydrogens (tertiary/aromatic N) is 3. The molecule has 0 bridgehead atoms. The van der Waals surface area contributed by atoms with Crippen LogP contribution in [0.2, 0.25) is 0 Å². The molecule has 2 aromatic rings. The number of rotatable bonds is 4.